The molecule has 0 bridgehead atoms. The normalized spacial score (nSPS) is 14.8. The fourth-order valence-corrected chi connectivity index (χ4v) is 4.27. The summed E-state index contributed by atoms with van der Waals surface area (Å²) in [5, 5.41) is 2.58. The highest BCUT2D eigenvalue weighted by Gasteiger charge is 2.29. The van der Waals surface area contributed by atoms with Crippen molar-refractivity contribution in [2.24, 2.45) is 5.92 Å². The van der Waals surface area contributed by atoms with Crippen molar-refractivity contribution in [3.63, 3.8) is 0 Å². The van der Waals surface area contributed by atoms with Crippen molar-refractivity contribution in [2.45, 2.75) is 26.3 Å². The van der Waals surface area contributed by atoms with Gasteiger partial charge < -0.3 is 0 Å². The Balaban J connectivity index is 2.77. The molecular formula is C10H17ClN2O2S2. The molecule has 0 amide bonds. The number of thiazole rings is 1. The average Bonchev–Trinajstić information content (AvgIpc) is 2.67. The van der Waals surface area contributed by atoms with Crippen molar-refractivity contribution < 1.29 is 8.42 Å². The van der Waals surface area contributed by atoms with E-state index in [-0.39, 0.29) is 11.7 Å². The van der Waals surface area contributed by atoms with Crippen LogP contribution in [0.5, 0.6) is 0 Å². The van der Waals surface area contributed by atoms with Crippen LogP contribution in [0.15, 0.2) is 11.6 Å². The summed E-state index contributed by atoms with van der Waals surface area (Å²) in [5.41, 5.74) is -0.682. The van der Waals surface area contributed by atoms with Crippen LogP contribution < -0.4 is 4.72 Å². The number of nitrogens with one attached hydrogen (secondary N) is 1. The van der Waals surface area contributed by atoms with Gasteiger partial charge in [-0.1, -0.05) is 6.92 Å². The van der Waals surface area contributed by atoms with Crippen LogP contribution in [0.1, 0.15) is 25.8 Å². The minimum absolute atomic E-state index is 0.0330. The summed E-state index contributed by atoms with van der Waals surface area (Å²) in [6, 6.07) is 0. The highest BCUT2D eigenvalue weighted by atomic mass is 35.5. The Morgan fingerprint density at radius 3 is 2.71 bits per heavy atom. The standard InChI is InChI=1S/C10H17ClN2O2S2/c1-8(6-11)7-17(14,15)13-10(2,3)9-12-4-5-16-9/h4-5,8,13H,6-7H2,1-3H3. The molecule has 1 heterocycles. The number of alkyl halides is 1. The van der Waals surface area contributed by atoms with Crippen LogP contribution in [0.3, 0.4) is 0 Å². The van der Waals surface area contributed by atoms with Gasteiger partial charge in [0.05, 0.1) is 11.3 Å². The predicted molar refractivity (Wildman–Crippen MR) is 71.9 cm³/mol. The van der Waals surface area contributed by atoms with E-state index in [4.69, 9.17) is 11.6 Å². The molecule has 17 heavy (non-hydrogen) atoms. The van der Waals surface area contributed by atoms with E-state index in [2.05, 4.69) is 9.71 Å². The lowest BCUT2D eigenvalue weighted by atomic mass is 10.1. The number of hydrogen-bond acceptors (Lipinski definition) is 4. The molecule has 7 heteroatoms. The molecule has 0 aliphatic heterocycles. The van der Waals surface area contributed by atoms with Crippen LogP contribution in [-0.2, 0) is 15.6 Å². The van der Waals surface area contributed by atoms with Crippen LogP contribution >= 0.6 is 22.9 Å². The van der Waals surface area contributed by atoms with Crippen LogP contribution in [0.2, 0.25) is 0 Å². The first-order valence-electron chi connectivity index (χ1n) is 5.24. The quantitative estimate of drug-likeness (QED) is 0.819. The van der Waals surface area contributed by atoms with Crippen molar-refractivity contribution in [2.75, 3.05) is 11.6 Å². The van der Waals surface area contributed by atoms with E-state index in [0.29, 0.717) is 5.88 Å². The highest BCUT2D eigenvalue weighted by Crippen LogP contribution is 2.23. The molecule has 1 unspecified atom stereocenters. The maximum atomic E-state index is 11.9. The Bertz CT molecular complexity index is 443. The van der Waals surface area contributed by atoms with Crippen molar-refractivity contribution >= 4 is 33.0 Å². The number of halogens is 1. The number of nitrogens with zero attached hydrogens (tertiary/aromatic N) is 1. The molecule has 98 valence electrons. The average molecular weight is 297 g/mol. The molecule has 0 radical (unpaired) electrons. The molecule has 0 saturated heterocycles. The van der Waals surface area contributed by atoms with E-state index >= 15 is 0 Å². The molecule has 0 aliphatic carbocycles. The molecule has 0 saturated carbocycles. The van der Waals surface area contributed by atoms with E-state index < -0.39 is 15.6 Å². The van der Waals surface area contributed by atoms with Gasteiger partial charge in [-0.05, 0) is 19.8 Å². The summed E-state index contributed by atoms with van der Waals surface area (Å²) in [7, 11) is -3.34. The number of rotatable bonds is 6. The van der Waals surface area contributed by atoms with Crippen molar-refractivity contribution in [1.82, 2.24) is 9.71 Å². The van der Waals surface area contributed by atoms with Gasteiger partial charge in [-0.2, -0.15) is 0 Å². The Morgan fingerprint density at radius 1 is 1.59 bits per heavy atom. The molecule has 1 atom stereocenters. The molecule has 4 nitrogen and oxygen atoms in total. The molecular weight excluding hydrogens is 280 g/mol. The maximum Gasteiger partial charge on any atom is 0.212 e. The predicted octanol–water partition coefficient (Wildman–Crippen LogP) is 2.17. The Morgan fingerprint density at radius 2 is 2.24 bits per heavy atom. The molecule has 0 spiro atoms. The maximum absolute atomic E-state index is 11.9. The fourth-order valence-electron chi connectivity index (χ4n) is 1.43. The van der Waals surface area contributed by atoms with Crippen LogP contribution in [0.25, 0.3) is 0 Å². The van der Waals surface area contributed by atoms with Gasteiger partial charge in [0.25, 0.3) is 0 Å². The SMILES string of the molecule is CC(CCl)CS(=O)(=O)NC(C)(C)c1nccs1. The molecule has 0 aromatic carbocycles. The first kappa shape index (κ1) is 14.9. The van der Waals surface area contributed by atoms with Gasteiger partial charge >= 0.3 is 0 Å². The fraction of sp³-hybridized carbons (Fsp3) is 0.700. The third kappa shape index (κ3) is 4.54. The van der Waals surface area contributed by atoms with Crippen molar-refractivity contribution in [1.29, 1.82) is 0 Å². The van der Waals surface area contributed by atoms with E-state index in [0.717, 1.165) is 5.01 Å². The molecule has 1 N–H and O–H groups in total. The van der Waals surface area contributed by atoms with Gasteiger partial charge in [0.1, 0.15) is 5.01 Å². The molecule has 1 rings (SSSR count). The summed E-state index contributed by atoms with van der Waals surface area (Å²) in [4.78, 5) is 4.14. The minimum Gasteiger partial charge on any atom is -0.248 e. The summed E-state index contributed by atoms with van der Waals surface area (Å²) < 4.78 is 26.5. The first-order chi connectivity index (χ1) is 7.77. The molecule has 1 aromatic heterocycles. The van der Waals surface area contributed by atoms with Crippen LogP contribution in [0, 0.1) is 5.92 Å². The Kier molecular flexibility index (Phi) is 4.95. The topological polar surface area (TPSA) is 59.1 Å². The van der Waals surface area contributed by atoms with Gasteiger partial charge in [-0.15, -0.1) is 22.9 Å². The van der Waals surface area contributed by atoms with Gasteiger partial charge in [-0.25, -0.2) is 18.1 Å². The number of hydrogen-bond donors (Lipinski definition) is 1. The molecule has 0 aliphatic rings. The van der Waals surface area contributed by atoms with Gasteiger partial charge in [0, 0.05) is 17.5 Å². The van der Waals surface area contributed by atoms with Gasteiger partial charge in [0.15, 0.2) is 0 Å². The van der Waals surface area contributed by atoms with E-state index in [9.17, 15) is 8.42 Å². The largest absolute Gasteiger partial charge is 0.248 e. The van der Waals surface area contributed by atoms with E-state index in [1.165, 1.54) is 11.3 Å². The lowest BCUT2D eigenvalue weighted by molar-refractivity contribution is 0.466. The summed E-state index contributed by atoms with van der Waals surface area (Å²) in [6.45, 7) is 5.41. The number of aromatic nitrogens is 1. The van der Waals surface area contributed by atoms with Crippen LogP contribution in [0.4, 0.5) is 0 Å². The minimum atomic E-state index is -3.34. The Labute approximate surface area is 111 Å². The van der Waals surface area contributed by atoms with Gasteiger partial charge in [0.2, 0.25) is 10.0 Å². The van der Waals surface area contributed by atoms with Crippen LogP contribution in [-0.4, -0.2) is 25.0 Å². The Hall–Kier alpha value is -0.170. The van der Waals surface area contributed by atoms with Crippen molar-refractivity contribution in [3.05, 3.63) is 16.6 Å². The lowest BCUT2D eigenvalue weighted by Gasteiger charge is -2.24. The third-order valence-corrected chi connectivity index (χ3v) is 5.60. The second-order valence-corrected chi connectivity index (χ2v) is 7.58. The first-order valence-corrected chi connectivity index (χ1v) is 8.31. The summed E-state index contributed by atoms with van der Waals surface area (Å²) in [5.74, 6) is 0.297. The monoisotopic (exact) mass is 296 g/mol. The van der Waals surface area contributed by atoms with Gasteiger partial charge in [-0.3, -0.25) is 0 Å². The zero-order valence-electron chi connectivity index (χ0n) is 10.1. The lowest BCUT2D eigenvalue weighted by Crippen LogP contribution is -2.43. The summed E-state index contributed by atoms with van der Waals surface area (Å²) in [6.07, 6.45) is 1.66. The summed E-state index contributed by atoms with van der Waals surface area (Å²) >= 11 is 7.06. The zero-order valence-corrected chi connectivity index (χ0v) is 12.5. The second-order valence-electron chi connectivity index (χ2n) is 4.61. The van der Waals surface area contributed by atoms with E-state index in [1.807, 2.05) is 12.3 Å². The molecule has 0 fully saturated rings. The molecule has 1 aromatic rings. The van der Waals surface area contributed by atoms with Crippen molar-refractivity contribution in [3.8, 4) is 0 Å². The second kappa shape index (κ2) is 5.65. The smallest absolute Gasteiger partial charge is 0.212 e. The number of sulfonamides is 1. The highest BCUT2D eigenvalue weighted by molar-refractivity contribution is 7.89. The zero-order chi connectivity index (χ0) is 13.1. The van der Waals surface area contributed by atoms with E-state index in [1.54, 1.807) is 20.0 Å². The third-order valence-electron chi connectivity index (χ3n) is 2.14.